The highest BCUT2D eigenvalue weighted by Crippen LogP contribution is 2.11. The van der Waals surface area contributed by atoms with E-state index in [4.69, 9.17) is 11.6 Å². The summed E-state index contributed by atoms with van der Waals surface area (Å²) in [4.78, 5) is 15.7. The number of rotatable bonds is 5. The molecule has 1 unspecified atom stereocenters. The minimum absolute atomic E-state index is 0.155. The molecule has 0 aliphatic carbocycles. The molecule has 0 saturated carbocycles. The van der Waals surface area contributed by atoms with Crippen LogP contribution < -0.4 is 5.32 Å². The summed E-state index contributed by atoms with van der Waals surface area (Å²) >= 11 is 5.83. The van der Waals surface area contributed by atoms with Gasteiger partial charge in [-0.1, -0.05) is 41.9 Å². The highest BCUT2D eigenvalue weighted by molar-refractivity contribution is 6.32. The summed E-state index contributed by atoms with van der Waals surface area (Å²) in [6.07, 6.45) is 1.36. The number of carbonyl (C=O) groups excluding carboxylic acids is 1. The molecule has 0 fully saturated rings. The lowest BCUT2D eigenvalue weighted by Gasteiger charge is -2.12. The number of hydrogen-bond acceptors (Lipinski definition) is 3. The first-order chi connectivity index (χ1) is 9.66. The van der Waals surface area contributed by atoms with Crippen molar-refractivity contribution >= 4 is 17.5 Å². The fourth-order valence-corrected chi connectivity index (χ4v) is 2.02. The Morgan fingerprint density at radius 3 is 2.70 bits per heavy atom. The predicted octanol–water partition coefficient (Wildman–Crippen LogP) is 2.07. The number of benzene rings is 1. The number of nitrogens with one attached hydrogen (secondary N) is 1. The molecule has 5 heteroatoms. The van der Waals surface area contributed by atoms with E-state index < -0.39 is 6.10 Å². The Morgan fingerprint density at radius 1 is 1.25 bits per heavy atom. The molecule has 0 radical (unpaired) electrons. The number of aliphatic hydroxyl groups excluding tert-OH is 1. The summed E-state index contributed by atoms with van der Waals surface area (Å²) in [5.74, 6) is -0.338. The van der Waals surface area contributed by atoms with Crippen LogP contribution in [0, 0.1) is 0 Å². The van der Waals surface area contributed by atoms with Crippen molar-refractivity contribution in [3.8, 4) is 0 Å². The van der Waals surface area contributed by atoms with Crippen LogP contribution in [-0.2, 0) is 6.42 Å². The number of hydrogen-bond donors (Lipinski definition) is 2. The summed E-state index contributed by atoms with van der Waals surface area (Å²) in [7, 11) is 0. The van der Waals surface area contributed by atoms with Gasteiger partial charge >= 0.3 is 0 Å². The van der Waals surface area contributed by atoms with Gasteiger partial charge in [-0.3, -0.25) is 4.79 Å². The topological polar surface area (TPSA) is 62.2 Å². The van der Waals surface area contributed by atoms with E-state index in [0.717, 1.165) is 5.56 Å². The average molecular weight is 291 g/mol. The van der Waals surface area contributed by atoms with Crippen molar-refractivity contribution in [3.63, 3.8) is 0 Å². The molecule has 2 rings (SSSR count). The quantitative estimate of drug-likeness (QED) is 0.829. The van der Waals surface area contributed by atoms with Gasteiger partial charge in [0.1, 0.15) is 5.15 Å². The predicted molar refractivity (Wildman–Crippen MR) is 77.7 cm³/mol. The van der Waals surface area contributed by atoms with Crippen LogP contribution in [0.2, 0.25) is 5.15 Å². The van der Waals surface area contributed by atoms with E-state index in [-0.39, 0.29) is 17.6 Å². The Morgan fingerprint density at radius 2 is 2.00 bits per heavy atom. The highest BCUT2D eigenvalue weighted by atomic mass is 35.5. The van der Waals surface area contributed by atoms with E-state index in [0.29, 0.717) is 12.0 Å². The maximum absolute atomic E-state index is 11.9. The lowest BCUT2D eigenvalue weighted by atomic mass is 10.1. The largest absolute Gasteiger partial charge is 0.391 e. The Bertz CT molecular complexity index is 575. The zero-order valence-corrected chi connectivity index (χ0v) is 11.5. The van der Waals surface area contributed by atoms with Crippen molar-refractivity contribution in [2.75, 3.05) is 6.54 Å². The van der Waals surface area contributed by atoms with Crippen LogP contribution in [0.1, 0.15) is 15.9 Å². The summed E-state index contributed by atoms with van der Waals surface area (Å²) in [6.45, 7) is 0.166. The molecule has 20 heavy (non-hydrogen) atoms. The normalized spacial score (nSPS) is 11.9. The number of halogens is 1. The minimum Gasteiger partial charge on any atom is -0.391 e. The van der Waals surface area contributed by atoms with Crippen molar-refractivity contribution < 1.29 is 9.90 Å². The molecule has 0 aliphatic rings. The smallest absolute Gasteiger partial charge is 0.254 e. The molecule has 2 aromatic rings. The van der Waals surface area contributed by atoms with E-state index in [1.165, 1.54) is 6.20 Å². The minimum atomic E-state index is -0.642. The number of carbonyl (C=O) groups is 1. The molecular weight excluding hydrogens is 276 g/mol. The van der Waals surface area contributed by atoms with Gasteiger partial charge in [-0.05, 0) is 17.7 Å². The number of amides is 1. The van der Waals surface area contributed by atoms with Gasteiger partial charge in [0.25, 0.3) is 5.91 Å². The molecule has 1 amide bonds. The third-order valence-electron chi connectivity index (χ3n) is 2.82. The van der Waals surface area contributed by atoms with Crippen molar-refractivity contribution in [1.29, 1.82) is 0 Å². The average Bonchev–Trinajstić information content (AvgIpc) is 2.46. The molecule has 4 nitrogen and oxygen atoms in total. The van der Waals surface area contributed by atoms with Gasteiger partial charge in [0.2, 0.25) is 0 Å². The molecule has 0 saturated heterocycles. The summed E-state index contributed by atoms with van der Waals surface area (Å²) in [5.41, 5.74) is 1.33. The number of aromatic nitrogens is 1. The standard InChI is InChI=1S/C15H15ClN2O2/c16-14-13(7-4-8-17-14)15(20)18-10-12(19)9-11-5-2-1-3-6-11/h1-8,12,19H,9-10H2,(H,18,20). The van der Waals surface area contributed by atoms with E-state index >= 15 is 0 Å². The molecule has 2 N–H and O–H groups in total. The maximum atomic E-state index is 11.9. The molecule has 0 bridgehead atoms. The number of nitrogens with zero attached hydrogens (tertiary/aromatic N) is 1. The molecule has 1 atom stereocenters. The first-order valence-electron chi connectivity index (χ1n) is 6.27. The second kappa shape index (κ2) is 7.03. The fraction of sp³-hybridized carbons (Fsp3) is 0.200. The maximum Gasteiger partial charge on any atom is 0.254 e. The summed E-state index contributed by atoms with van der Waals surface area (Å²) < 4.78 is 0. The third kappa shape index (κ3) is 4.05. The fourth-order valence-electron chi connectivity index (χ4n) is 1.82. The van der Waals surface area contributed by atoms with Crippen molar-refractivity contribution in [2.45, 2.75) is 12.5 Å². The van der Waals surface area contributed by atoms with Crippen LogP contribution in [0.5, 0.6) is 0 Å². The highest BCUT2D eigenvalue weighted by Gasteiger charge is 2.12. The number of aliphatic hydroxyl groups is 1. The molecule has 1 aromatic heterocycles. The van der Waals surface area contributed by atoms with Gasteiger partial charge in [0.15, 0.2) is 0 Å². The van der Waals surface area contributed by atoms with Gasteiger partial charge in [-0.15, -0.1) is 0 Å². The molecule has 1 aromatic carbocycles. The van der Waals surface area contributed by atoms with Crippen molar-refractivity contribution in [1.82, 2.24) is 10.3 Å². The first-order valence-corrected chi connectivity index (χ1v) is 6.65. The van der Waals surface area contributed by atoms with Crippen LogP contribution in [0.15, 0.2) is 48.7 Å². The van der Waals surface area contributed by atoms with Crippen LogP contribution in [0.3, 0.4) is 0 Å². The first kappa shape index (κ1) is 14.5. The second-order valence-electron chi connectivity index (χ2n) is 4.40. The Kier molecular flexibility index (Phi) is 5.09. The van der Waals surface area contributed by atoms with Crippen molar-refractivity contribution in [2.24, 2.45) is 0 Å². The van der Waals surface area contributed by atoms with Crippen LogP contribution in [0.4, 0.5) is 0 Å². The van der Waals surface area contributed by atoms with Crippen molar-refractivity contribution in [3.05, 3.63) is 64.9 Å². The molecule has 1 heterocycles. The lowest BCUT2D eigenvalue weighted by molar-refractivity contribution is 0.0915. The molecule has 0 aliphatic heterocycles. The Balaban J connectivity index is 1.86. The Labute approximate surface area is 122 Å². The van der Waals surface area contributed by atoms with E-state index in [1.54, 1.807) is 12.1 Å². The molecule has 104 valence electrons. The Hall–Kier alpha value is -1.91. The van der Waals surface area contributed by atoms with Gasteiger partial charge in [0.05, 0.1) is 11.7 Å². The van der Waals surface area contributed by atoms with E-state index in [2.05, 4.69) is 10.3 Å². The molecule has 0 spiro atoms. The van der Waals surface area contributed by atoms with Gasteiger partial charge in [-0.25, -0.2) is 4.98 Å². The van der Waals surface area contributed by atoms with Crippen LogP contribution in [0.25, 0.3) is 0 Å². The zero-order valence-electron chi connectivity index (χ0n) is 10.8. The van der Waals surface area contributed by atoms with Crippen LogP contribution in [-0.4, -0.2) is 28.6 Å². The summed E-state index contributed by atoms with van der Waals surface area (Å²) in [6, 6.07) is 12.8. The van der Waals surface area contributed by atoms with Gasteiger partial charge in [-0.2, -0.15) is 0 Å². The number of pyridine rings is 1. The summed E-state index contributed by atoms with van der Waals surface area (Å²) in [5, 5.41) is 12.7. The van der Waals surface area contributed by atoms with Gasteiger partial charge < -0.3 is 10.4 Å². The molecular formula is C15H15ClN2O2. The SMILES string of the molecule is O=C(NCC(O)Cc1ccccc1)c1cccnc1Cl. The van der Waals surface area contributed by atoms with E-state index in [9.17, 15) is 9.90 Å². The monoisotopic (exact) mass is 290 g/mol. The third-order valence-corrected chi connectivity index (χ3v) is 3.12. The second-order valence-corrected chi connectivity index (χ2v) is 4.75. The van der Waals surface area contributed by atoms with E-state index in [1.807, 2.05) is 30.3 Å². The van der Waals surface area contributed by atoms with Gasteiger partial charge in [0, 0.05) is 19.2 Å². The zero-order chi connectivity index (χ0) is 14.4. The lowest BCUT2D eigenvalue weighted by Crippen LogP contribution is -2.33. The van der Waals surface area contributed by atoms with Crippen LogP contribution >= 0.6 is 11.6 Å².